The van der Waals surface area contributed by atoms with Crippen LogP contribution in [0.4, 0.5) is 13.2 Å². The van der Waals surface area contributed by atoms with E-state index in [1.54, 1.807) is 24.3 Å². The fourth-order valence-electron chi connectivity index (χ4n) is 3.97. The van der Waals surface area contributed by atoms with Crippen molar-refractivity contribution in [3.05, 3.63) is 82.3 Å². The first-order chi connectivity index (χ1) is 15.1. The van der Waals surface area contributed by atoms with E-state index >= 15 is 0 Å². The van der Waals surface area contributed by atoms with Crippen LogP contribution in [0.15, 0.2) is 54.7 Å². The minimum absolute atomic E-state index is 0.171. The number of hydrogen-bond donors (Lipinski definition) is 1. The van der Waals surface area contributed by atoms with Crippen LogP contribution in [-0.2, 0) is 19.8 Å². The lowest BCUT2D eigenvalue weighted by Crippen LogP contribution is -2.21. The third-order valence-corrected chi connectivity index (χ3v) is 5.82. The summed E-state index contributed by atoms with van der Waals surface area (Å²) in [6.45, 7) is 5.02. The molecule has 4 nitrogen and oxygen atoms in total. The summed E-state index contributed by atoms with van der Waals surface area (Å²) in [6.07, 6.45) is -2.40. The second kappa shape index (κ2) is 8.64. The van der Waals surface area contributed by atoms with Gasteiger partial charge in [0.2, 0.25) is 0 Å². The Morgan fingerprint density at radius 2 is 1.91 bits per heavy atom. The lowest BCUT2D eigenvalue weighted by Gasteiger charge is -2.13. The van der Waals surface area contributed by atoms with Crippen molar-refractivity contribution in [2.75, 3.05) is 6.54 Å². The number of fused-ring (bicyclic) bond motifs is 1. The zero-order valence-corrected chi connectivity index (χ0v) is 18.8. The minimum atomic E-state index is -4.52. The Hall–Kier alpha value is -2.77. The molecule has 2 aromatic carbocycles. The van der Waals surface area contributed by atoms with Gasteiger partial charge in [-0.3, -0.25) is 0 Å². The molecule has 0 fully saturated rings. The molecular weight excluding hydrogens is 437 g/mol. The summed E-state index contributed by atoms with van der Waals surface area (Å²) in [4.78, 5) is 0. The predicted octanol–water partition coefficient (Wildman–Crippen LogP) is 6.24. The molecule has 0 amide bonds. The summed E-state index contributed by atoms with van der Waals surface area (Å²) in [5.74, 6) is 0.171. The van der Waals surface area contributed by atoms with Gasteiger partial charge in [0.25, 0.3) is 0 Å². The molecule has 0 aliphatic carbocycles. The molecule has 0 saturated carbocycles. The van der Waals surface area contributed by atoms with Crippen molar-refractivity contribution in [2.45, 2.75) is 32.5 Å². The molecule has 1 unspecified atom stereocenters. The zero-order valence-electron chi connectivity index (χ0n) is 18.0. The van der Waals surface area contributed by atoms with E-state index < -0.39 is 11.9 Å². The number of halogens is 4. The van der Waals surface area contributed by atoms with E-state index in [-0.39, 0.29) is 12.5 Å². The molecule has 4 aromatic rings. The molecule has 0 saturated heterocycles. The van der Waals surface area contributed by atoms with E-state index in [4.69, 9.17) is 11.6 Å². The van der Waals surface area contributed by atoms with Crippen molar-refractivity contribution < 1.29 is 13.2 Å². The van der Waals surface area contributed by atoms with Gasteiger partial charge in [0.05, 0.1) is 11.4 Å². The lowest BCUT2D eigenvalue weighted by molar-refractivity contribution is -0.141. The summed E-state index contributed by atoms with van der Waals surface area (Å²) in [5, 5.41) is 8.73. The van der Waals surface area contributed by atoms with Crippen LogP contribution < -0.4 is 5.32 Å². The SMILES string of the molecule is Cc1ccc2c(c1)c(C(C)CNCc1cc(C(F)(F)F)nn1-c1cccc(Cl)c1)cn2C. The van der Waals surface area contributed by atoms with Crippen molar-refractivity contribution in [1.29, 1.82) is 0 Å². The van der Waals surface area contributed by atoms with Gasteiger partial charge in [0.15, 0.2) is 5.69 Å². The Balaban J connectivity index is 1.55. The van der Waals surface area contributed by atoms with Gasteiger partial charge in [-0.05, 0) is 54.8 Å². The second-order valence-electron chi connectivity index (χ2n) is 8.16. The van der Waals surface area contributed by atoms with Crippen molar-refractivity contribution in [1.82, 2.24) is 19.7 Å². The maximum atomic E-state index is 13.3. The summed E-state index contributed by atoms with van der Waals surface area (Å²) in [6, 6.07) is 14.1. The van der Waals surface area contributed by atoms with Gasteiger partial charge < -0.3 is 9.88 Å². The zero-order chi connectivity index (χ0) is 23.0. The first-order valence-corrected chi connectivity index (χ1v) is 10.7. The number of alkyl halides is 3. The molecule has 1 atom stereocenters. The maximum Gasteiger partial charge on any atom is 0.435 e. The third-order valence-electron chi connectivity index (χ3n) is 5.59. The summed E-state index contributed by atoms with van der Waals surface area (Å²) >= 11 is 6.04. The van der Waals surface area contributed by atoms with E-state index in [1.807, 2.05) is 7.05 Å². The van der Waals surface area contributed by atoms with Crippen LogP contribution >= 0.6 is 11.6 Å². The number of benzene rings is 2. The lowest BCUT2D eigenvalue weighted by atomic mass is 9.99. The Labute approximate surface area is 189 Å². The van der Waals surface area contributed by atoms with Crippen LogP contribution in [0.1, 0.15) is 35.4 Å². The minimum Gasteiger partial charge on any atom is -0.350 e. The molecule has 1 N–H and O–H groups in total. The van der Waals surface area contributed by atoms with Crippen LogP contribution in [0, 0.1) is 6.92 Å². The Bertz CT molecular complexity index is 1260. The smallest absolute Gasteiger partial charge is 0.350 e. The fourth-order valence-corrected chi connectivity index (χ4v) is 4.16. The number of aryl methyl sites for hydroxylation is 2. The largest absolute Gasteiger partial charge is 0.435 e. The molecule has 0 spiro atoms. The standard InChI is InChI=1S/C24H24ClF3N4/c1-15-7-8-22-20(9-15)21(14-31(22)3)16(2)12-29-13-19-11-23(24(26,27)28)30-32(19)18-6-4-5-17(25)10-18/h4-11,14,16,29H,12-13H2,1-3H3. The number of nitrogens with one attached hydrogen (secondary N) is 1. The normalized spacial score (nSPS) is 13.1. The van der Waals surface area contributed by atoms with Crippen LogP contribution in [0.2, 0.25) is 5.02 Å². The van der Waals surface area contributed by atoms with Gasteiger partial charge in [-0.2, -0.15) is 18.3 Å². The molecule has 32 heavy (non-hydrogen) atoms. The molecule has 2 heterocycles. The van der Waals surface area contributed by atoms with Crippen LogP contribution in [0.25, 0.3) is 16.6 Å². The molecule has 0 radical (unpaired) electrons. The summed E-state index contributed by atoms with van der Waals surface area (Å²) in [7, 11) is 2.02. The Morgan fingerprint density at radius 3 is 2.62 bits per heavy atom. The van der Waals surface area contributed by atoms with Crippen molar-refractivity contribution in [3.8, 4) is 5.69 Å². The third kappa shape index (κ3) is 4.54. The van der Waals surface area contributed by atoms with Gasteiger partial charge in [0, 0.05) is 42.3 Å². The predicted molar refractivity (Wildman–Crippen MR) is 121 cm³/mol. The van der Waals surface area contributed by atoms with E-state index in [0.717, 1.165) is 11.6 Å². The molecule has 8 heteroatoms. The molecule has 2 aromatic heterocycles. The second-order valence-corrected chi connectivity index (χ2v) is 8.59. The van der Waals surface area contributed by atoms with Gasteiger partial charge in [-0.15, -0.1) is 0 Å². The fraction of sp³-hybridized carbons (Fsp3) is 0.292. The number of hydrogen-bond acceptors (Lipinski definition) is 2. The quantitative estimate of drug-likeness (QED) is 0.369. The highest BCUT2D eigenvalue weighted by Gasteiger charge is 2.35. The topological polar surface area (TPSA) is 34.8 Å². The van der Waals surface area contributed by atoms with E-state index in [0.29, 0.717) is 22.9 Å². The van der Waals surface area contributed by atoms with E-state index in [1.165, 1.54) is 21.2 Å². The van der Waals surface area contributed by atoms with Crippen LogP contribution in [-0.4, -0.2) is 20.9 Å². The highest BCUT2D eigenvalue weighted by molar-refractivity contribution is 6.30. The van der Waals surface area contributed by atoms with Crippen LogP contribution in [0.5, 0.6) is 0 Å². The van der Waals surface area contributed by atoms with Crippen molar-refractivity contribution >= 4 is 22.5 Å². The molecule has 0 bridgehead atoms. The van der Waals surface area contributed by atoms with Gasteiger partial charge in [-0.25, -0.2) is 4.68 Å². The molecular formula is C24H24ClF3N4. The highest BCUT2D eigenvalue weighted by atomic mass is 35.5. The van der Waals surface area contributed by atoms with Crippen molar-refractivity contribution in [3.63, 3.8) is 0 Å². The Morgan fingerprint density at radius 1 is 1.12 bits per heavy atom. The van der Waals surface area contributed by atoms with Gasteiger partial charge in [-0.1, -0.05) is 36.2 Å². The number of aromatic nitrogens is 3. The molecule has 168 valence electrons. The highest BCUT2D eigenvalue weighted by Crippen LogP contribution is 2.31. The maximum absolute atomic E-state index is 13.3. The average Bonchev–Trinajstić information content (AvgIpc) is 3.29. The molecule has 0 aliphatic heterocycles. The first kappa shape index (κ1) is 22.4. The molecule has 0 aliphatic rings. The molecule has 4 rings (SSSR count). The van der Waals surface area contributed by atoms with Crippen LogP contribution in [0.3, 0.4) is 0 Å². The number of rotatable bonds is 6. The van der Waals surface area contributed by atoms with Gasteiger partial charge in [0.1, 0.15) is 0 Å². The van der Waals surface area contributed by atoms with Gasteiger partial charge >= 0.3 is 6.18 Å². The summed E-state index contributed by atoms with van der Waals surface area (Å²) in [5.41, 5.74) is 3.54. The average molecular weight is 461 g/mol. The Kier molecular flexibility index (Phi) is 6.05. The van der Waals surface area contributed by atoms with E-state index in [2.05, 4.69) is 53.2 Å². The van der Waals surface area contributed by atoms with E-state index in [9.17, 15) is 13.2 Å². The summed E-state index contributed by atoms with van der Waals surface area (Å²) < 4.78 is 43.3. The van der Waals surface area contributed by atoms with Crippen molar-refractivity contribution in [2.24, 2.45) is 7.05 Å². The monoisotopic (exact) mass is 460 g/mol. The first-order valence-electron chi connectivity index (χ1n) is 10.3. The number of nitrogens with zero attached hydrogens (tertiary/aromatic N) is 3.